The fraction of sp³-hybridized carbons (Fsp3) is 0.438. The number of hydrogen-bond acceptors (Lipinski definition) is 7. The van der Waals surface area contributed by atoms with E-state index in [0.717, 1.165) is 16.8 Å². The van der Waals surface area contributed by atoms with Gasteiger partial charge in [0, 0.05) is 43.0 Å². The minimum atomic E-state index is -3.27. The molecule has 0 bridgehead atoms. The monoisotopic (exact) mass is 371 g/mol. The van der Waals surface area contributed by atoms with Crippen molar-refractivity contribution in [1.82, 2.24) is 24.1 Å². The number of aromatic nitrogens is 4. The first kappa shape index (κ1) is 16.8. The summed E-state index contributed by atoms with van der Waals surface area (Å²) in [6, 6.07) is 2.16. The highest BCUT2D eigenvalue weighted by atomic mass is 32.2. The van der Waals surface area contributed by atoms with Crippen molar-refractivity contribution >= 4 is 22.1 Å². The van der Waals surface area contributed by atoms with Crippen molar-refractivity contribution in [2.45, 2.75) is 25.3 Å². The van der Waals surface area contributed by atoms with E-state index in [0.29, 0.717) is 12.2 Å². The summed E-state index contributed by atoms with van der Waals surface area (Å²) in [7, 11) is -3.27. The summed E-state index contributed by atoms with van der Waals surface area (Å²) in [5.74, 6) is 0.714. The quantitative estimate of drug-likeness (QED) is 0.770. The third-order valence-corrected chi connectivity index (χ3v) is 6.66. The van der Waals surface area contributed by atoms with E-state index in [9.17, 15) is 13.7 Å². The fourth-order valence-corrected chi connectivity index (χ4v) is 4.59. The van der Waals surface area contributed by atoms with E-state index in [4.69, 9.17) is 0 Å². The van der Waals surface area contributed by atoms with Crippen LogP contribution < -0.4 is 0 Å². The number of nitriles is 1. The van der Waals surface area contributed by atoms with Gasteiger partial charge in [0.25, 0.3) is 0 Å². The Bertz CT molecular complexity index is 1030. The van der Waals surface area contributed by atoms with E-state index in [2.05, 4.69) is 26.1 Å². The van der Waals surface area contributed by atoms with Gasteiger partial charge in [-0.05, 0) is 6.92 Å². The molecule has 2 aliphatic heterocycles. The molecule has 4 heterocycles. The predicted octanol–water partition coefficient (Wildman–Crippen LogP) is 0.873. The van der Waals surface area contributed by atoms with Crippen molar-refractivity contribution < 1.29 is 8.42 Å². The van der Waals surface area contributed by atoms with Crippen LogP contribution in [-0.4, -0.2) is 57.5 Å². The Morgan fingerprint density at radius 3 is 2.88 bits per heavy atom. The Morgan fingerprint density at radius 1 is 1.35 bits per heavy atom. The van der Waals surface area contributed by atoms with Crippen LogP contribution in [0.25, 0.3) is 11.3 Å². The predicted molar refractivity (Wildman–Crippen MR) is 94.3 cm³/mol. The van der Waals surface area contributed by atoms with Crippen LogP contribution in [0.4, 0.5) is 5.82 Å². The van der Waals surface area contributed by atoms with E-state index in [1.165, 1.54) is 10.6 Å². The lowest BCUT2D eigenvalue weighted by molar-refractivity contribution is 0.0719. The number of fused-ring (bicyclic) bond motifs is 1. The molecule has 9 nitrogen and oxygen atoms in total. The summed E-state index contributed by atoms with van der Waals surface area (Å²) < 4.78 is 27.2. The first-order valence-corrected chi connectivity index (χ1v) is 9.87. The van der Waals surface area contributed by atoms with E-state index in [1.54, 1.807) is 24.0 Å². The van der Waals surface area contributed by atoms with Gasteiger partial charge in [0.1, 0.15) is 11.9 Å². The maximum atomic E-state index is 12.0. The van der Waals surface area contributed by atoms with Crippen molar-refractivity contribution in [1.29, 1.82) is 5.26 Å². The lowest BCUT2D eigenvalue weighted by Gasteiger charge is -2.47. The van der Waals surface area contributed by atoms with Gasteiger partial charge in [0.2, 0.25) is 10.0 Å². The molecule has 4 rings (SSSR count). The molecule has 0 atom stereocenters. The first-order chi connectivity index (χ1) is 12.5. The summed E-state index contributed by atoms with van der Waals surface area (Å²) >= 11 is 0. The van der Waals surface area contributed by atoms with E-state index >= 15 is 0 Å². The molecule has 0 amide bonds. The Hall–Kier alpha value is -2.64. The summed E-state index contributed by atoms with van der Waals surface area (Å²) in [5, 5.41) is 13.6. The Labute approximate surface area is 151 Å². The molecule has 26 heavy (non-hydrogen) atoms. The first-order valence-electron chi connectivity index (χ1n) is 8.26. The summed E-state index contributed by atoms with van der Waals surface area (Å²) in [5.41, 5.74) is 1.89. The fourth-order valence-electron chi connectivity index (χ4n) is 3.35. The molecule has 0 saturated carbocycles. The maximum absolute atomic E-state index is 12.0. The van der Waals surface area contributed by atoms with Crippen molar-refractivity contribution in [2.75, 3.05) is 18.8 Å². The highest BCUT2D eigenvalue weighted by molar-refractivity contribution is 7.89. The van der Waals surface area contributed by atoms with Gasteiger partial charge in [0.15, 0.2) is 5.82 Å². The highest BCUT2D eigenvalue weighted by Gasteiger charge is 2.49. The molecule has 1 saturated heterocycles. The number of aliphatic imine (C=N–C) groups is 1. The highest BCUT2D eigenvalue weighted by Crippen LogP contribution is 2.36. The molecule has 0 aliphatic carbocycles. The van der Waals surface area contributed by atoms with Gasteiger partial charge < -0.3 is 0 Å². The molecular formula is C16H17N7O2S. The number of nitrogens with zero attached hydrogens (tertiary/aromatic N) is 7. The van der Waals surface area contributed by atoms with Gasteiger partial charge in [-0.25, -0.2) is 23.4 Å². The second-order valence-corrected chi connectivity index (χ2v) is 8.70. The molecule has 134 valence electrons. The van der Waals surface area contributed by atoms with Gasteiger partial charge in [0.05, 0.1) is 30.1 Å². The van der Waals surface area contributed by atoms with E-state index in [-0.39, 0.29) is 25.3 Å². The van der Waals surface area contributed by atoms with Crippen LogP contribution in [0, 0.1) is 11.3 Å². The average molecular weight is 371 g/mol. The molecule has 0 spiro atoms. The van der Waals surface area contributed by atoms with E-state index in [1.807, 2.05) is 6.20 Å². The zero-order chi connectivity index (χ0) is 18.4. The van der Waals surface area contributed by atoms with Crippen LogP contribution in [0.1, 0.15) is 18.9 Å². The van der Waals surface area contributed by atoms with Gasteiger partial charge in [-0.15, -0.1) is 0 Å². The van der Waals surface area contributed by atoms with Crippen LogP contribution in [0.3, 0.4) is 0 Å². The zero-order valence-electron chi connectivity index (χ0n) is 14.2. The third-order valence-electron chi connectivity index (χ3n) is 4.88. The van der Waals surface area contributed by atoms with Crippen LogP contribution >= 0.6 is 0 Å². The van der Waals surface area contributed by atoms with Gasteiger partial charge in [-0.2, -0.15) is 14.7 Å². The van der Waals surface area contributed by atoms with Gasteiger partial charge >= 0.3 is 0 Å². The van der Waals surface area contributed by atoms with Crippen molar-refractivity contribution in [3.05, 3.63) is 24.3 Å². The van der Waals surface area contributed by atoms with Crippen molar-refractivity contribution in [3.8, 4) is 17.3 Å². The van der Waals surface area contributed by atoms with Crippen molar-refractivity contribution in [2.24, 2.45) is 4.99 Å². The zero-order valence-corrected chi connectivity index (χ0v) is 15.0. The van der Waals surface area contributed by atoms with Crippen molar-refractivity contribution in [3.63, 3.8) is 0 Å². The van der Waals surface area contributed by atoms with Crippen LogP contribution in [-0.2, 0) is 22.0 Å². The molecule has 0 radical (unpaired) electrons. The second kappa shape index (κ2) is 5.96. The molecular weight excluding hydrogens is 354 g/mol. The number of sulfonamides is 1. The molecule has 0 unspecified atom stereocenters. The largest absolute Gasteiger partial charge is 0.262 e. The summed E-state index contributed by atoms with van der Waals surface area (Å²) in [6.07, 6.45) is 7.64. The smallest absolute Gasteiger partial charge is 0.213 e. The maximum Gasteiger partial charge on any atom is 0.213 e. The topological polar surface area (TPSA) is 117 Å². The SMILES string of the molecule is CCS(=O)(=O)N1CC(CC#N)(n2cc(-c3ncnc4c3CC=N4)cn2)C1. The van der Waals surface area contributed by atoms with Crippen LogP contribution in [0.2, 0.25) is 0 Å². The number of hydrogen-bond donors (Lipinski definition) is 0. The number of rotatable bonds is 5. The van der Waals surface area contributed by atoms with E-state index < -0.39 is 15.6 Å². The normalized spacial score (nSPS) is 18.3. The molecule has 2 aromatic heterocycles. The van der Waals surface area contributed by atoms with Crippen LogP contribution in [0.15, 0.2) is 23.7 Å². The Morgan fingerprint density at radius 2 is 2.15 bits per heavy atom. The molecule has 0 aromatic carbocycles. The lowest BCUT2D eigenvalue weighted by atomic mass is 9.89. The van der Waals surface area contributed by atoms with Crippen LogP contribution in [0.5, 0.6) is 0 Å². The Balaban J connectivity index is 1.65. The second-order valence-electron chi connectivity index (χ2n) is 6.44. The minimum absolute atomic E-state index is 0.0487. The molecule has 2 aromatic rings. The molecule has 1 fully saturated rings. The summed E-state index contributed by atoms with van der Waals surface area (Å²) in [6.45, 7) is 2.12. The molecule has 2 aliphatic rings. The molecule has 0 N–H and O–H groups in total. The standard InChI is InChI=1S/C16H17N7O2S/c1-2-26(24,25)22-9-16(10-22,4-5-17)23-8-12(7-21-23)14-13-3-6-18-15(13)20-11-19-14/h6-8,11H,2-4,9-10H2,1H3. The van der Waals surface area contributed by atoms with Gasteiger partial charge in [-0.1, -0.05) is 0 Å². The summed E-state index contributed by atoms with van der Waals surface area (Å²) in [4.78, 5) is 12.7. The lowest BCUT2D eigenvalue weighted by Crippen LogP contribution is -2.64. The third kappa shape index (κ3) is 2.51. The Kier molecular flexibility index (Phi) is 3.86. The minimum Gasteiger partial charge on any atom is -0.262 e. The van der Waals surface area contributed by atoms with Gasteiger partial charge in [-0.3, -0.25) is 4.68 Å². The average Bonchev–Trinajstić information content (AvgIpc) is 3.26. The molecule has 10 heteroatoms.